The molecule has 0 spiro atoms. The van der Waals surface area contributed by atoms with E-state index in [9.17, 15) is 13.2 Å². The summed E-state index contributed by atoms with van der Waals surface area (Å²) in [6.45, 7) is 5.09. The summed E-state index contributed by atoms with van der Waals surface area (Å²) in [5.41, 5.74) is 0.285. The van der Waals surface area contributed by atoms with Gasteiger partial charge in [-0.2, -0.15) is 13.2 Å². The lowest BCUT2D eigenvalue weighted by atomic mass is 10.1. The second-order valence-corrected chi connectivity index (χ2v) is 7.17. The molecule has 0 aromatic heterocycles. The number of rotatable bonds is 5. The van der Waals surface area contributed by atoms with Crippen molar-refractivity contribution < 1.29 is 17.9 Å². The fraction of sp³-hybridized carbons (Fsp3) is 0.391. The first-order valence-corrected chi connectivity index (χ1v) is 9.74. The van der Waals surface area contributed by atoms with E-state index in [2.05, 4.69) is 28.7 Å². The van der Waals surface area contributed by atoms with E-state index in [4.69, 9.17) is 4.74 Å². The van der Waals surface area contributed by atoms with Gasteiger partial charge >= 0.3 is 6.18 Å². The van der Waals surface area contributed by atoms with Crippen molar-refractivity contribution >= 4 is 0 Å². The van der Waals surface area contributed by atoms with Crippen LogP contribution < -0.4 is 4.74 Å². The Labute approximate surface area is 170 Å². The molecular weight excluding hydrogens is 377 g/mol. The first-order chi connectivity index (χ1) is 13.9. The Balaban J connectivity index is 1.61. The van der Waals surface area contributed by atoms with Gasteiger partial charge in [0.25, 0.3) is 0 Å². The molecule has 0 bridgehead atoms. The van der Waals surface area contributed by atoms with Crippen LogP contribution in [0.4, 0.5) is 13.2 Å². The van der Waals surface area contributed by atoms with Crippen molar-refractivity contribution in [3.63, 3.8) is 0 Å². The third kappa shape index (κ3) is 6.52. The van der Waals surface area contributed by atoms with Crippen LogP contribution in [0.3, 0.4) is 0 Å². The van der Waals surface area contributed by atoms with Crippen LogP contribution in [0.5, 0.6) is 5.75 Å². The zero-order chi connectivity index (χ0) is 20.7. The van der Waals surface area contributed by atoms with Gasteiger partial charge in [0, 0.05) is 43.9 Å². The van der Waals surface area contributed by atoms with E-state index in [1.807, 2.05) is 30.3 Å². The normalized spacial score (nSPS) is 15.6. The zero-order valence-electron chi connectivity index (χ0n) is 16.5. The van der Waals surface area contributed by atoms with E-state index in [0.717, 1.165) is 44.4 Å². The molecule has 0 saturated carbocycles. The average molecular weight is 402 g/mol. The van der Waals surface area contributed by atoms with Gasteiger partial charge in [-0.3, -0.25) is 0 Å². The van der Waals surface area contributed by atoms with Crippen LogP contribution in [0.1, 0.15) is 23.1 Å². The van der Waals surface area contributed by atoms with Crippen LogP contribution in [-0.4, -0.2) is 56.2 Å². The molecule has 0 N–H and O–H groups in total. The maximum atomic E-state index is 13.5. The summed E-state index contributed by atoms with van der Waals surface area (Å²) in [4.78, 5) is 4.58. The molecule has 1 fully saturated rings. The van der Waals surface area contributed by atoms with Crippen LogP contribution in [0.25, 0.3) is 0 Å². The maximum Gasteiger partial charge on any atom is 0.420 e. The van der Waals surface area contributed by atoms with E-state index in [-0.39, 0.29) is 12.4 Å². The number of ether oxygens (including phenoxy) is 1. The van der Waals surface area contributed by atoms with E-state index >= 15 is 0 Å². The number of benzene rings is 2. The Kier molecular flexibility index (Phi) is 7.18. The van der Waals surface area contributed by atoms with Crippen LogP contribution in [0, 0.1) is 11.8 Å². The first-order valence-electron chi connectivity index (χ1n) is 9.74. The predicted molar refractivity (Wildman–Crippen MR) is 108 cm³/mol. The van der Waals surface area contributed by atoms with Crippen molar-refractivity contribution in [3.8, 4) is 17.6 Å². The van der Waals surface area contributed by atoms with Gasteiger partial charge in [-0.25, -0.2) is 0 Å². The minimum atomic E-state index is -4.49. The molecule has 1 saturated heterocycles. The topological polar surface area (TPSA) is 15.7 Å². The van der Waals surface area contributed by atoms with Gasteiger partial charge in [0.1, 0.15) is 5.75 Å². The van der Waals surface area contributed by atoms with E-state index in [1.165, 1.54) is 6.07 Å². The SMILES string of the molecule is CN1CCN(CCCOc2ccc(C#Cc3ccccc3)cc2C(F)(F)F)CC1. The number of halogens is 3. The molecule has 154 valence electrons. The second kappa shape index (κ2) is 9.82. The zero-order valence-corrected chi connectivity index (χ0v) is 16.5. The van der Waals surface area contributed by atoms with E-state index in [0.29, 0.717) is 12.0 Å². The molecule has 29 heavy (non-hydrogen) atoms. The van der Waals surface area contributed by atoms with Crippen LogP contribution in [0.2, 0.25) is 0 Å². The average Bonchev–Trinajstić information content (AvgIpc) is 2.71. The summed E-state index contributed by atoms with van der Waals surface area (Å²) in [6.07, 6.45) is -3.80. The fourth-order valence-electron chi connectivity index (χ4n) is 3.16. The van der Waals surface area contributed by atoms with Crippen molar-refractivity contribution in [1.29, 1.82) is 0 Å². The van der Waals surface area contributed by atoms with Gasteiger partial charge in [-0.1, -0.05) is 30.0 Å². The van der Waals surface area contributed by atoms with Gasteiger partial charge < -0.3 is 14.5 Å². The van der Waals surface area contributed by atoms with Gasteiger partial charge in [0.05, 0.1) is 12.2 Å². The van der Waals surface area contributed by atoms with Crippen molar-refractivity contribution in [2.75, 3.05) is 46.4 Å². The molecule has 0 radical (unpaired) electrons. The highest BCUT2D eigenvalue weighted by molar-refractivity contribution is 5.48. The Hall–Kier alpha value is -2.49. The lowest BCUT2D eigenvalue weighted by Gasteiger charge is -2.32. The van der Waals surface area contributed by atoms with Crippen molar-refractivity contribution in [3.05, 3.63) is 65.2 Å². The highest BCUT2D eigenvalue weighted by atomic mass is 19.4. The van der Waals surface area contributed by atoms with Crippen LogP contribution >= 0.6 is 0 Å². The summed E-state index contributed by atoms with van der Waals surface area (Å²) in [5, 5.41) is 0. The van der Waals surface area contributed by atoms with Crippen LogP contribution in [0.15, 0.2) is 48.5 Å². The smallest absolute Gasteiger partial charge is 0.420 e. The number of alkyl halides is 3. The molecule has 2 aromatic carbocycles. The molecule has 1 aliphatic heterocycles. The number of hydrogen-bond donors (Lipinski definition) is 0. The minimum absolute atomic E-state index is 0.138. The maximum absolute atomic E-state index is 13.5. The molecule has 1 aliphatic rings. The Morgan fingerprint density at radius 2 is 1.62 bits per heavy atom. The summed E-state index contributed by atoms with van der Waals surface area (Å²) in [7, 11) is 2.09. The van der Waals surface area contributed by atoms with Gasteiger partial charge in [0.15, 0.2) is 0 Å². The molecule has 3 rings (SSSR count). The summed E-state index contributed by atoms with van der Waals surface area (Å²) in [5.74, 6) is 5.54. The van der Waals surface area contributed by atoms with Crippen molar-refractivity contribution in [2.45, 2.75) is 12.6 Å². The number of piperazine rings is 1. The quantitative estimate of drug-likeness (QED) is 0.553. The largest absolute Gasteiger partial charge is 0.493 e. The number of hydrogen-bond acceptors (Lipinski definition) is 3. The van der Waals surface area contributed by atoms with Gasteiger partial charge in [-0.15, -0.1) is 0 Å². The lowest BCUT2D eigenvalue weighted by Crippen LogP contribution is -2.44. The fourth-order valence-corrected chi connectivity index (χ4v) is 3.16. The number of likely N-dealkylation sites (N-methyl/N-ethyl adjacent to an activating group) is 1. The molecule has 0 atom stereocenters. The molecule has 0 amide bonds. The predicted octanol–water partition coefficient (Wildman–Crippen LogP) is 4.12. The second-order valence-electron chi connectivity index (χ2n) is 7.17. The van der Waals surface area contributed by atoms with E-state index < -0.39 is 11.7 Å². The first kappa shape index (κ1) is 21.2. The Morgan fingerprint density at radius 1 is 0.931 bits per heavy atom. The molecule has 3 nitrogen and oxygen atoms in total. The molecule has 0 unspecified atom stereocenters. The lowest BCUT2D eigenvalue weighted by molar-refractivity contribution is -0.139. The third-order valence-corrected chi connectivity index (χ3v) is 4.88. The minimum Gasteiger partial charge on any atom is -0.493 e. The highest BCUT2D eigenvalue weighted by Gasteiger charge is 2.34. The van der Waals surface area contributed by atoms with Crippen molar-refractivity contribution in [2.24, 2.45) is 0 Å². The highest BCUT2D eigenvalue weighted by Crippen LogP contribution is 2.36. The summed E-state index contributed by atoms with van der Waals surface area (Å²) < 4.78 is 45.9. The Morgan fingerprint density at radius 3 is 2.31 bits per heavy atom. The summed E-state index contributed by atoms with van der Waals surface area (Å²) >= 11 is 0. The molecule has 0 aliphatic carbocycles. The molecule has 6 heteroatoms. The third-order valence-electron chi connectivity index (χ3n) is 4.88. The number of nitrogens with zero attached hydrogens (tertiary/aromatic N) is 2. The van der Waals surface area contributed by atoms with Gasteiger partial charge in [0.2, 0.25) is 0 Å². The summed E-state index contributed by atoms with van der Waals surface area (Å²) in [6, 6.07) is 13.2. The monoisotopic (exact) mass is 402 g/mol. The van der Waals surface area contributed by atoms with Crippen molar-refractivity contribution in [1.82, 2.24) is 9.80 Å². The molecule has 2 aromatic rings. The standard InChI is InChI=1S/C23H25F3N2O/c1-27-13-15-28(16-14-27)12-5-17-29-22-11-10-20(18-21(22)23(24,25)26)9-8-19-6-3-2-4-7-19/h2-4,6-7,10-11,18H,5,12-17H2,1H3. The molecule has 1 heterocycles. The van der Waals surface area contributed by atoms with E-state index in [1.54, 1.807) is 6.07 Å². The van der Waals surface area contributed by atoms with Gasteiger partial charge in [-0.05, 0) is 43.8 Å². The Bertz CT molecular complexity index is 848. The van der Waals surface area contributed by atoms with Crippen LogP contribution in [-0.2, 0) is 6.18 Å². The molecular formula is C23H25F3N2O.